The van der Waals surface area contributed by atoms with Gasteiger partial charge in [0.2, 0.25) is 5.91 Å². The Balaban J connectivity index is 2.80. The van der Waals surface area contributed by atoms with Gasteiger partial charge in [-0.25, -0.2) is 0 Å². The predicted octanol–water partition coefficient (Wildman–Crippen LogP) is 0.246. The number of carbonyl (C=O) groups excluding carboxylic acids is 1. The molecule has 0 spiro atoms. The number of primary amides is 1. The van der Waals surface area contributed by atoms with E-state index in [2.05, 4.69) is 20.9 Å². The van der Waals surface area contributed by atoms with Gasteiger partial charge in [0.25, 0.3) is 0 Å². The van der Waals surface area contributed by atoms with Gasteiger partial charge < -0.3 is 5.73 Å². The van der Waals surface area contributed by atoms with E-state index < -0.39 is 10.2 Å². The van der Waals surface area contributed by atoms with E-state index in [1.807, 2.05) is 0 Å². The van der Waals surface area contributed by atoms with Gasteiger partial charge in [-0.15, -0.1) is 0 Å². The van der Waals surface area contributed by atoms with Gasteiger partial charge >= 0.3 is 0 Å². The lowest BCUT2D eigenvalue weighted by atomic mass is 10.1. The van der Waals surface area contributed by atoms with E-state index in [0.717, 1.165) is 0 Å². The molecule has 1 aliphatic heterocycles. The van der Waals surface area contributed by atoms with Gasteiger partial charge in [0.15, 0.2) is 0 Å². The zero-order valence-corrected chi connectivity index (χ0v) is 6.84. The molecule has 2 N–H and O–H groups in total. The van der Waals surface area contributed by atoms with Gasteiger partial charge in [-0.1, -0.05) is 22.0 Å². The van der Waals surface area contributed by atoms with E-state index in [4.69, 9.17) is 5.73 Å². The zero-order chi connectivity index (χ0) is 7.61. The molecule has 10 heavy (non-hydrogen) atoms. The van der Waals surface area contributed by atoms with Crippen LogP contribution < -0.4 is 5.73 Å². The van der Waals surface area contributed by atoms with Crippen LogP contribution in [0.25, 0.3) is 0 Å². The van der Waals surface area contributed by atoms with Crippen LogP contribution in [-0.4, -0.2) is 23.0 Å². The SMILES string of the molecule is NC(=O)C1(Br)C=CC=NC1. The zero-order valence-electron chi connectivity index (χ0n) is 5.25. The molecule has 0 saturated carbocycles. The third-order valence-electron chi connectivity index (χ3n) is 1.28. The first-order valence-corrected chi connectivity index (χ1v) is 3.61. The predicted molar refractivity (Wildman–Crippen MR) is 43.4 cm³/mol. The molecule has 0 bridgehead atoms. The Morgan fingerprint density at radius 1 is 1.80 bits per heavy atom. The van der Waals surface area contributed by atoms with Crippen LogP contribution in [0.4, 0.5) is 0 Å². The Hall–Kier alpha value is -0.640. The van der Waals surface area contributed by atoms with Crippen LogP contribution in [-0.2, 0) is 4.79 Å². The highest BCUT2D eigenvalue weighted by Crippen LogP contribution is 2.21. The average molecular weight is 203 g/mol. The number of allylic oxidation sites excluding steroid dienone is 1. The Kier molecular flexibility index (Phi) is 1.89. The fourth-order valence-corrected chi connectivity index (χ4v) is 0.952. The molecular formula is C6H7BrN2O. The number of hydrogen-bond acceptors (Lipinski definition) is 2. The van der Waals surface area contributed by atoms with Gasteiger partial charge in [0, 0.05) is 6.21 Å². The summed E-state index contributed by atoms with van der Waals surface area (Å²) < 4.78 is -0.748. The minimum absolute atomic E-state index is 0.388. The van der Waals surface area contributed by atoms with E-state index in [-0.39, 0.29) is 0 Å². The molecular weight excluding hydrogens is 196 g/mol. The smallest absolute Gasteiger partial charge is 0.240 e. The van der Waals surface area contributed by atoms with E-state index in [9.17, 15) is 4.79 Å². The Morgan fingerprint density at radius 2 is 2.50 bits per heavy atom. The molecule has 0 aliphatic carbocycles. The first-order valence-electron chi connectivity index (χ1n) is 2.82. The summed E-state index contributed by atoms with van der Waals surface area (Å²) in [6.07, 6.45) is 5.04. The molecule has 3 nitrogen and oxygen atoms in total. The van der Waals surface area contributed by atoms with Crippen molar-refractivity contribution in [2.75, 3.05) is 6.54 Å². The van der Waals surface area contributed by atoms with Gasteiger partial charge in [0.1, 0.15) is 4.32 Å². The quantitative estimate of drug-likeness (QED) is 0.610. The number of rotatable bonds is 1. The second kappa shape index (κ2) is 2.54. The summed E-state index contributed by atoms with van der Waals surface area (Å²) in [5, 5.41) is 0. The number of carbonyl (C=O) groups is 1. The molecule has 1 amide bonds. The number of amides is 1. The normalized spacial score (nSPS) is 30.5. The third kappa shape index (κ3) is 1.26. The van der Waals surface area contributed by atoms with Gasteiger partial charge in [0.05, 0.1) is 6.54 Å². The number of halogens is 1. The summed E-state index contributed by atoms with van der Waals surface area (Å²) in [7, 11) is 0. The van der Waals surface area contributed by atoms with Crippen molar-refractivity contribution in [2.45, 2.75) is 4.32 Å². The maximum absolute atomic E-state index is 10.7. The molecule has 0 aromatic rings. The van der Waals surface area contributed by atoms with E-state index >= 15 is 0 Å². The summed E-state index contributed by atoms with van der Waals surface area (Å²) in [6.45, 7) is 0.388. The number of hydrogen-bond donors (Lipinski definition) is 1. The molecule has 1 unspecified atom stereocenters. The molecule has 1 heterocycles. The van der Waals surface area contributed by atoms with Crippen LogP contribution in [0, 0.1) is 0 Å². The largest absolute Gasteiger partial charge is 0.368 e. The van der Waals surface area contributed by atoms with Crippen molar-refractivity contribution in [1.82, 2.24) is 0 Å². The first kappa shape index (κ1) is 7.47. The maximum Gasteiger partial charge on any atom is 0.240 e. The number of dihydropyridines is 1. The molecule has 1 aliphatic rings. The second-order valence-electron chi connectivity index (χ2n) is 2.08. The van der Waals surface area contributed by atoms with Crippen LogP contribution in [0.3, 0.4) is 0 Å². The van der Waals surface area contributed by atoms with Crippen molar-refractivity contribution in [3.63, 3.8) is 0 Å². The standard InChI is InChI=1S/C6H7BrN2O/c7-6(5(8)10)2-1-3-9-4-6/h1-3H,4H2,(H2,8,10). The Morgan fingerprint density at radius 3 is 2.80 bits per heavy atom. The topological polar surface area (TPSA) is 55.5 Å². The number of aliphatic imine (C=N–C) groups is 1. The van der Waals surface area contributed by atoms with Crippen LogP contribution in [0.5, 0.6) is 0 Å². The summed E-state index contributed by atoms with van der Waals surface area (Å²) in [6, 6.07) is 0. The van der Waals surface area contributed by atoms with Crippen LogP contribution >= 0.6 is 15.9 Å². The fourth-order valence-electron chi connectivity index (χ4n) is 0.655. The molecule has 54 valence electrons. The minimum Gasteiger partial charge on any atom is -0.368 e. The van der Waals surface area contributed by atoms with Crippen molar-refractivity contribution in [1.29, 1.82) is 0 Å². The van der Waals surface area contributed by atoms with Gasteiger partial charge in [-0.3, -0.25) is 9.79 Å². The highest BCUT2D eigenvalue weighted by Gasteiger charge is 2.30. The lowest BCUT2D eigenvalue weighted by Gasteiger charge is -2.18. The number of nitrogens with two attached hydrogens (primary N) is 1. The molecule has 0 aromatic heterocycles. The molecule has 0 radical (unpaired) electrons. The molecule has 4 heteroatoms. The average Bonchev–Trinajstić information content (AvgIpc) is 1.89. The molecule has 0 fully saturated rings. The first-order chi connectivity index (χ1) is 4.65. The highest BCUT2D eigenvalue weighted by molar-refractivity contribution is 9.10. The van der Waals surface area contributed by atoms with Crippen molar-refractivity contribution >= 4 is 28.1 Å². The van der Waals surface area contributed by atoms with Crippen molar-refractivity contribution < 1.29 is 4.79 Å². The maximum atomic E-state index is 10.7. The van der Waals surface area contributed by atoms with Gasteiger partial charge in [-0.2, -0.15) is 0 Å². The van der Waals surface area contributed by atoms with Crippen molar-refractivity contribution in [3.8, 4) is 0 Å². The Labute approximate surface area is 67.1 Å². The van der Waals surface area contributed by atoms with Crippen molar-refractivity contribution in [3.05, 3.63) is 12.2 Å². The lowest BCUT2D eigenvalue weighted by molar-refractivity contribution is -0.118. The second-order valence-corrected chi connectivity index (χ2v) is 3.49. The van der Waals surface area contributed by atoms with E-state index in [0.29, 0.717) is 6.54 Å². The molecule has 0 aromatic carbocycles. The van der Waals surface area contributed by atoms with Crippen LogP contribution in [0.1, 0.15) is 0 Å². The summed E-state index contributed by atoms with van der Waals surface area (Å²) >= 11 is 3.19. The molecule has 1 rings (SSSR count). The lowest BCUT2D eigenvalue weighted by Crippen LogP contribution is -2.40. The monoisotopic (exact) mass is 202 g/mol. The van der Waals surface area contributed by atoms with Crippen LogP contribution in [0.15, 0.2) is 17.1 Å². The molecule has 0 saturated heterocycles. The van der Waals surface area contributed by atoms with E-state index in [1.165, 1.54) is 0 Å². The van der Waals surface area contributed by atoms with E-state index in [1.54, 1.807) is 18.4 Å². The highest BCUT2D eigenvalue weighted by atomic mass is 79.9. The summed E-state index contributed by atoms with van der Waals surface area (Å²) in [5.74, 6) is -0.402. The summed E-state index contributed by atoms with van der Waals surface area (Å²) in [4.78, 5) is 14.6. The summed E-state index contributed by atoms with van der Waals surface area (Å²) in [5.41, 5.74) is 5.09. The van der Waals surface area contributed by atoms with Crippen molar-refractivity contribution in [2.24, 2.45) is 10.7 Å². The number of nitrogens with zero attached hydrogens (tertiary/aromatic N) is 1. The molecule has 1 atom stereocenters. The van der Waals surface area contributed by atoms with Crippen LogP contribution in [0.2, 0.25) is 0 Å². The van der Waals surface area contributed by atoms with Gasteiger partial charge in [-0.05, 0) is 6.08 Å². The Bertz CT molecular complexity index is 212. The minimum atomic E-state index is -0.748. The fraction of sp³-hybridized carbons (Fsp3) is 0.333. The third-order valence-corrected chi connectivity index (χ3v) is 2.19. The number of alkyl halides is 1.